The van der Waals surface area contributed by atoms with Crippen LogP contribution in [0, 0.1) is 4.77 Å². The number of benzene rings is 3. The lowest BCUT2D eigenvalue weighted by Gasteiger charge is -2.11. The van der Waals surface area contributed by atoms with Crippen molar-refractivity contribution in [1.82, 2.24) is 14.9 Å². The number of methoxy groups -OCH3 is 1. The van der Waals surface area contributed by atoms with Crippen molar-refractivity contribution >= 4 is 18.4 Å². The average molecular weight is 461 g/mol. The summed E-state index contributed by atoms with van der Waals surface area (Å²) in [7, 11) is 1.62. The van der Waals surface area contributed by atoms with E-state index in [0.717, 1.165) is 22.4 Å². The molecule has 1 N–H and O–H groups in total. The predicted molar refractivity (Wildman–Crippen MR) is 131 cm³/mol. The molecule has 0 atom stereocenters. The van der Waals surface area contributed by atoms with Crippen molar-refractivity contribution < 1.29 is 14.2 Å². The maximum absolute atomic E-state index is 6.00. The Balaban J connectivity index is 1.59. The van der Waals surface area contributed by atoms with Crippen molar-refractivity contribution in [2.24, 2.45) is 5.10 Å². The number of aromatic nitrogens is 3. The van der Waals surface area contributed by atoms with Gasteiger partial charge in [-0.3, -0.25) is 0 Å². The van der Waals surface area contributed by atoms with Crippen LogP contribution in [-0.2, 0) is 6.61 Å². The Bertz CT molecular complexity index is 1300. The van der Waals surface area contributed by atoms with Gasteiger partial charge >= 0.3 is 0 Å². The Hall–Kier alpha value is -3.91. The molecule has 1 aromatic heterocycles. The van der Waals surface area contributed by atoms with E-state index < -0.39 is 0 Å². The summed E-state index contributed by atoms with van der Waals surface area (Å²) in [4.78, 5) is 0. The quantitative estimate of drug-likeness (QED) is 0.265. The van der Waals surface area contributed by atoms with Gasteiger partial charge in [-0.05, 0) is 60.6 Å². The van der Waals surface area contributed by atoms with Crippen LogP contribution in [0.4, 0.5) is 0 Å². The summed E-state index contributed by atoms with van der Waals surface area (Å²) in [6, 6.07) is 23.2. The molecule has 0 fully saturated rings. The minimum absolute atomic E-state index is 0.386. The zero-order valence-corrected chi connectivity index (χ0v) is 19.2. The van der Waals surface area contributed by atoms with Gasteiger partial charge in [0.1, 0.15) is 12.4 Å². The topological polar surface area (TPSA) is 73.7 Å². The zero-order valence-electron chi connectivity index (χ0n) is 18.4. The Morgan fingerprint density at radius 1 is 1.00 bits per heavy atom. The van der Waals surface area contributed by atoms with Gasteiger partial charge in [0.05, 0.1) is 19.9 Å². The van der Waals surface area contributed by atoms with Gasteiger partial charge < -0.3 is 14.2 Å². The molecular formula is C25H24N4O3S. The molecule has 4 aromatic rings. The van der Waals surface area contributed by atoms with Crippen LogP contribution in [0.25, 0.3) is 11.4 Å². The summed E-state index contributed by atoms with van der Waals surface area (Å²) in [6.45, 7) is 2.96. The van der Waals surface area contributed by atoms with Gasteiger partial charge in [0.2, 0.25) is 4.77 Å². The average Bonchev–Trinajstić information content (AvgIpc) is 3.22. The van der Waals surface area contributed by atoms with Gasteiger partial charge in [0.25, 0.3) is 0 Å². The van der Waals surface area contributed by atoms with Gasteiger partial charge in [0.15, 0.2) is 17.3 Å². The van der Waals surface area contributed by atoms with Crippen molar-refractivity contribution in [2.45, 2.75) is 13.5 Å². The first-order valence-corrected chi connectivity index (χ1v) is 10.9. The van der Waals surface area contributed by atoms with Crippen LogP contribution in [0.2, 0.25) is 0 Å². The maximum atomic E-state index is 6.00. The molecule has 3 aromatic carbocycles. The Kier molecular flexibility index (Phi) is 7.16. The first kappa shape index (κ1) is 22.3. The third-order valence-corrected chi connectivity index (χ3v) is 5.07. The van der Waals surface area contributed by atoms with Crippen LogP contribution in [-0.4, -0.2) is 34.8 Å². The van der Waals surface area contributed by atoms with Crippen LogP contribution < -0.4 is 14.2 Å². The second-order valence-corrected chi connectivity index (χ2v) is 7.44. The molecule has 0 saturated carbocycles. The molecule has 1 heterocycles. The largest absolute Gasteiger partial charge is 0.494 e. The number of hydrogen-bond acceptors (Lipinski definition) is 6. The molecule has 0 bridgehead atoms. The molecule has 0 amide bonds. The van der Waals surface area contributed by atoms with E-state index in [1.54, 1.807) is 18.0 Å². The molecule has 0 aliphatic rings. The highest BCUT2D eigenvalue weighted by molar-refractivity contribution is 7.71. The van der Waals surface area contributed by atoms with Crippen molar-refractivity contribution in [2.75, 3.05) is 13.7 Å². The van der Waals surface area contributed by atoms with Crippen molar-refractivity contribution in [3.63, 3.8) is 0 Å². The molecule has 0 aliphatic heterocycles. The monoisotopic (exact) mass is 460 g/mol. The fourth-order valence-corrected chi connectivity index (χ4v) is 3.40. The third-order valence-electron chi connectivity index (χ3n) is 4.80. The van der Waals surface area contributed by atoms with E-state index >= 15 is 0 Å². The smallest absolute Gasteiger partial charge is 0.216 e. The molecule has 0 aliphatic carbocycles. The molecule has 0 spiro atoms. The number of H-pyrrole nitrogens is 1. The minimum Gasteiger partial charge on any atom is -0.494 e. The van der Waals surface area contributed by atoms with Gasteiger partial charge in [-0.15, -0.1) is 0 Å². The van der Waals surface area contributed by atoms with Gasteiger partial charge in [-0.25, -0.2) is 5.10 Å². The minimum atomic E-state index is 0.386. The number of ether oxygens (including phenoxy) is 3. The number of rotatable bonds is 9. The second-order valence-electron chi connectivity index (χ2n) is 7.05. The van der Waals surface area contributed by atoms with Crippen LogP contribution >= 0.6 is 12.2 Å². The van der Waals surface area contributed by atoms with Crippen molar-refractivity contribution in [1.29, 1.82) is 0 Å². The molecule has 4 rings (SSSR count). The SMILES string of the molecule is CCOc1cccc(-c2n[nH]c(=S)n2/N=C\c2ccc(OC)c(OCc3ccccc3)c2)c1. The summed E-state index contributed by atoms with van der Waals surface area (Å²) in [5.74, 6) is 2.63. The van der Waals surface area contributed by atoms with E-state index in [1.807, 2.05) is 79.7 Å². The Labute approximate surface area is 197 Å². The summed E-state index contributed by atoms with van der Waals surface area (Å²) < 4.78 is 19.0. The number of nitrogens with zero attached hydrogens (tertiary/aromatic N) is 3. The fraction of sp³-hybridized carbons (Fsp3) is 0.160. The lowest BCUT2D eigenvalue weighted by Crippen LogP contribution is -1.99. The number of nitrogens with one attached hydrogen (secondary N) is 1. The lowest BCUT2D eigenvalue weighted by molar-refractivity contribution is 0.284. The first-order chi connectivity index (χ1) is 16.2. The second kappa shape index (κ2) is 10.6. The maximum Gasteiger partial charge on any atom is 0.216 e. The highest BCUT2D eigenvalue weighted by atomic mass is 32.1. The standard InChI is InChI=1S/C25H24N4O3S/c1-3-31-21-11-7-10-20(15-21)24-27-28-25(33)29(24)26-16-19-12-13-22(30-2)23(14-19)32-17-18-8-5-4-6-9-18/h4-16H,3,17H2,1-2H3,(H,28,33)/b26-16-. The van der Waals surface area contributed by atoms with E-state index in [-0.39, 0.29) is 0 Å². The molecule has 8 heteroatoms. The third kappa shape index (κ3) is 5.48. The lowest BCUT2D eigenvalue weighted by atomic mass is 10.2. The summed E-state index contributed by atoms with van der Waals surface area (Å²) in [6.07, 6.45) is 1.70. The fourth-order valence-electron chi connectivity index (χ4n) is 3.22. The van der Waals surface area contributed by atoms with E-state index in [1.165, 1.54) is 0 Å². The van der Waals surface area contributed by atoms with E-state index in [2.05, 4.69) is 15.3 Å². The number of aromatic amines is 1. The van der Waals surface area contributed by atoms with Crippen LogP contribution in [0.5, 0.6) is 17.2 Å². The molecule has 0 saturated heterocycles. The summed E-state index contributed by atoms with van der Waals surface area (Å²) >= 11 is 5.39. The van der Waals surface area contributed by atoms with E-state index in [9.17, 15) is 0 Å². The highest BCUT2D eigenvalue weighted by Crippen LogP contribution is 2.28. The summed E-state index contributed by atoms with van der Waals surface area (Å²) in [5, 5.41) is 11.7. The zero-order chi connectivity index (χ0) is 23.0. The van der Waals surface area contributed by atoms with E-state index in [4.69, 9.17) is 26.4 Å². The van der Waals surface area contributed by atoms with Gasteiger partial charge in [0, 0.05) is 5.56 Å². The van der Waals surface area contributed by atoms with Gasteiger partial charge in [-0.2, -0.15) is 14.9 Å². The van der Waals surface area contributed by atoms with E-state index in [0.29, 0.717) is 35.3 Å². The number of hydrogen-bond donors (Lipinski definition) is 1. The molecule has 33 heavy (non-hydrogen) atoms. The Morgan fingerprint density at radius 3 is 2.64 bits per heavy atom. The molecule has 0 radical (unpaired) electrons. The van der Waals surface area contributed by atoms with Crippen LogP contribution in [0.15, 0.2) is 77.9 Å². The highest BCUT2D eigenvalue weighted by Gasteiger charge is 2.10. The summed E-state index contributed by atoms with van der Waals surface area (Å²) in [5.41, 5.74) is 2.74. The first-order valence-electron chi connectivity index (χ1n) is 10.5. The molecule has 168 valence electrons. The van der Waals surface area contributed by atoms with Crippen LogP contribution in [0.1, 0.15) is 18.1 Å². The Morgan fingerprint density at radius 2 is 1.85 bits per heavy atom. The van der Waals surface area contributed by atoms with Crippen molar-refractivity contribution in [3.8, 4) is 28.6 Å². The van der Waals surface area contributed by atoms with Crippen LogP contribution in [0.3, 0.4) is 0 Å². The normalized spacial score (nSPS) is 11.0. The van der Waals surface area contributed by atoms with Crippen molar-refractivity contribution in [3.05, 3.63) is 88.7 Å². The molecule has 0 unspecified atom stereocenters. The predicted octanol–water partition coefficient (Wildman–Crippen LogP) is 5.48. The molecular weight excluding hydrogens is 436 g/mol. The van der Waals surface area contributed by atoms with Gasteiger partial charge in [-0.1, -0.05) is 42.5 Å². The molecule has 7 nitrogen and oxygen atoms in total.